The Morgan fingerprint density at radius 1 is 1.36 bits per heavy atom. The zero-order valence-electron chi connectivity index (χ0n) is 7.14. The smallest absolute Gasteiger partial charge is 0.104 e. The van der Waals surface area contributed by atoms with E-state index < -0.39 is 0 Å². The van der Waals surface area contributed by atoms with Crippen molar-refractivity contribution in [1.29, 1.82) is 0 Å². The van der Waals surface area contributed by atoms with E-state index in [2.05, 4.69) is 24.8 Å². The largest absolute Gasteiger partial charge is 0.384 e. The van der Waals surface area contributed by atoms with E-state index in [1.165, 1.54) is 19.3 Å². The fourth-order valence-electron chi connectivity index (χ4n) is 0.759. The van der Waals surface area contributed by atoms with Gasteiger partial charge in [-0.05, 0) is 18.9 Å². The predicted molar refractivity (Wildman–Crippen MR) is 48.1 cm³/mol. The van der Waals surface area contributed by atoms with Crippen LogP contribution >= 0.6 is 0 Å². The summed E-state index contributed by atoms with van der Waals surface area (Å²) >= 11 is 0. The van der Waals surface area contributed by atoms with E-state index in [4.69, 9.17) is 5.11 Å². The quantitative estimate of drug-likeness (QED) is 0.483. The molecule has 0 aromatic carbocycles. The maximum atomic E-state index is 8.30. The van der Waals surface area contributed by atoms with Crippen LogP contribution in [0.2, 0.25) is 0 Å². The molecule has 0 aromatic heterocycles. The maximum Gasteiger partial charge on any atom is 0.104 e. The summed E-state index contributed by atoms with van der Waals surface area (Å²) in [5, 5.41) is 8.30. The van der Waals surface area contributed by atoms with Gasteiger partial charge in [0.2, 0.25) is 0 Å². The molecule has 0 saturated carbocycles. The van der Waals surface area contributed by atoms with Gasteiger partial charge in [-0.15, -0.1) is 0 Å². The lowest BCUT2D eigenvalue weighted by Gasteiger charge is -1.88. The minimum atomic E-state index is -0.0424. The predicted octanol–water partition coefficient (Wildman–Crippen LogP) is 2.12. The van der Waals surface area contributed by atoms with Crippen molar-refractivity contribution in [2.45, 2.75) is 32.6 Å². The average Bonchev–Trinajstić information content (AvgIpc) is 2.03. The number of unbranched alkanes of at least 4 members (excludes halogenated alkanes) is 3. The highest BCUT2D eigenvalue weighted by Crippen LogP contribution is 1.98. The van der Waals surface area contributed by atoms with Crippen molar-refractivity contribution in [3.05, 3.63) is 12.2 Å². The number of allylic oxidation sites excluding steroid dienone is 2. The second-order valence-corrected chi connectivity index (χ2v) is 2.38. The Labute approximate surface area is 69.1 Å². The number of rotatable bonds is 4. The first-order chi connectivity index (χ1) is 5.41. The molecule has 62 valence electrons. The van der Waals surface area contributed by atoms with Gasteiger partial charge < -0.3 is 5.11 Å². The molecule has 1 heteroatoms. The molecule has 0 heterocycles. The number of hydrogen-bond acceptors (Lipinski definition) is 1. The van der Waals surface area contributed by atoms with E-state index in [0.717, 1.165) is 6.42 Å². The highest BCUT2D eigenvalue weighted by Gasteiger charge is 1.79. The van der Waals surface area contributed by atoms with E-state index in [1.807, 2.05) is 6.08 Å². The molecule has 0 aromatic rings. The summed E-state index contributed by atoms with van der Waals surface area (Å²) in [6, 6.07) is 0. The first kappa shape index (κ1) is 10.3. The zero-order chi connectivity index (χ0) is 8.36. The maximum absolute atomic E-state index is 8.30. The molecule has 0 aliphatic heterocycles. The molecule has 0 amide bonds. The Morgan fingerprint density at radius 3 is 2.82 bits per heavy atom. The van der Waals surface area contributed by atoms with Crippen LogP contribution in [0.3, 0.4) is 0 Å². The van der Waals surface area contributed by atoms with Crippen molar-refractivity contribution >= 4 is 0 Å². The third kappa shape index (κ3) is 9.26. The van der Waals surface area contributed by atoms with Crippen LogP contribution in [0.4, 0.5) is 0 Å². The van der Waals surface area contributed by atoms with Crippen molar-refractivity contribution in [1.82, 2.24) is 0 Å². The van der Waals surface area contributed by atoms with Crippen molar-refractivity contribution in [2.24, 2.45) is 0 Å². The van der Waals surface area contributed by atoms with Crippen LogP contribution in [0.15, 0.2) is 12.2 Å². The summed E-state index contributed by atoms with van der Waals surface area (Å²) in [4.78, 5) is 0. The zero-order valence-corrected chi connectivity index (χ0v) is 7.14. The van der Waals surface area contributed by atoms with Crippen molar-refractivity contribution < 1.29 is 5.11 Å². The van der Waals surface area contributed by atoms with Crippen molar-refractivity contribution in [3.8, 4) is 11.8 Å². The van der Waals surface area contributed by atoms with Crippen molar-refractivity contribution in [2.75, 3.05) is 6.61 Å². The van der Waals surface area contributed by atoms with Gasteiger partial charge in [0.05, 0.1) is 0 Å². The molecule has 0 aliphatic rings. The topological polar surface area (TPSA) is 20.2 Å². The first-order valence-electron chi connectivity index (χ1n) is 4.16. The Hall–Kier alpha value is -0.740. The SMILES string of the molecule is CCCCC/C=C/C#CCO. The van der Waals surface area contributed by atoms with Crippen LogP contribution in [0.25, 0.3) is 0 Å². The molecule has 0 fully saturated rings. The normalized spacial score (nSPS) is 9.64. The Bertz CT molecular complexity index is 148. The second kappa shape index (κ2) is 9.26. The number of aliphatic hydroxyl groups excluding tert-OH is 1. The molecule has 1 N–H and O–H groups in total. The molecular formula is C10H16O. The van der Waals surface area contributed by atoms with Gasteiger partial charge in [-0.3, -0.25) is 0 Å². The monoisotopic (exact) mass is 152 g/mol. The van der Waals surface area contributed by atoms with E-state index >= 15 is 0 Å². The van der Waals surface area contributed by atoms with Crippen LogP contribution < -0.4 is 0 Å². The third-order valence-electron chi connectivity index (χ3n) is 1.36. The molecular weight excluding hydrogens is 136 g/mol. The summed E-state index contributed by atoms with van der Waals surface area (Å²) in [5.41, 5.74) is 0. The lowest BCUT2D eigenvalue weighted by atomic mass is 10.2. The molecule has 0 aliphatic carbocycles. The van der Waals surface area contributed by atoms with Gasteiger partial charge in [-0.25, -0.2) is 0 Å². The van der Waals surface area contributed by atoms with Gasteiger partial charge >= 0.3 is 0 Å². The molecule has 0 spiro atoms. The minimum Gasteiger partial charge on any atom is -0.384 e. The number of aliphatic hydroxyl groups is 1. The lowest BCUT2D eigenvalue weighted by Crippen LogP contribution is -1.71. The van der Waals surface area contributed by atoms with E-state index in [0.29, 0.717) is 0 Å². The molecule has 0 bridgehead atoms. The van der Waals surface area contributed by atoms with Gasteiger partial charge in [-0.1, -0.05) is 37.7 Å². The molecule has 0 rings (SSSR count). The van der Waals surface area contributed by atoms with E-state index in [9.17, 15) is 0 Å². The van der Waals surface area contributed by atoms with Gasteiger partial charge in [-0.2, -0.15) is 0 Å². The molecule has 11 heavy (non-hydrogen) atoms. The van der Waals surface area contributed by atoms with Gasteiger partial charge in [0.25, 0.3) is 0 Å². The van der Waals surface area contributed by atoms with Crippen LogP contribution in [0.5, 0.6) is 0 Å². The first-order valence-corrected chi connectivity index (χ1v) is 4.16. The summed E-state index contributed by atoms with van der Waals surface area (Å²) in [6.07, 6.45) is 8.76. The highest BCUT2D eigenvalue weighted by molar-refractivity contribution is 5.14. The Balaban J connectivity index is 3.16. The van der Waals surface area contributed by atoms with Crippen LogP contribution in [0, 0.1) is 11.8 Å². The molecule has 0 radical (unpaired) electrons. The molecule has 1 nitrogen and oxygen atoms in total. The fourth-order valence-corrected chi connectivity index (χ4v) is 0.759. The summed E-state index contributed by atoms with van der Waals surface area (Å²) < 4.78 is 0. The Kier molecular flexibility index (Phi) is 8.64. The van der Waals surface area contributed by atoms with E-state index in [1.54, 1.807) is 0 Å². The molecule has 0 unspecified atom stereocenters. The standard InChI is InChI=1S/C10H16O/c1-2-3-4-5-6-7-8-9-10-11/h6-7,11H,2-5,10H2,1H3/b7-6+. The summed E-state index contributed by atoms with van der Waals surface area (Å²) in [5.74, 6) is 5.29. The highest BCUT2D eigenvalue weighted by atomic mass is 16.2. The van der Waals surface area contributed by atoms with Crippen LogP contribution in [-0.2, 0) is 0 Å². The lowest BCUT2D eigenvalue weighted by molar-refractivity contribution is 0.350. The van der Waals surface area contributed by atoms with Crippen LogP contribution in [-0.4, -0.2) is 11.7 Å². The van der Waals surface area contributed by atoms with E-state index in [-0.39, 0.29) is 6.61 Å². The molecule has 0 atom stereocenters. The average molecular weight is 152 g/mol. The van der Waals surface area contributed by atoms with Gasteiger partial charge in [0.15, 0.2) is 0 Å². The second-order valence-electron chi connectivity index (χ2n) is 2.38. The van der Waals surface area contributed by atoms with Crippen LogP contribution in [0.1, 0.15) is 32.6 Å². The van der Waals surface area contributed by atoms with Gasteiger partial charge in [0.1, 0.15) is 6.61 Å². The van der Waals surface area contributed by atoms with Crippen molar-refractivity contribution in [3.63, 3.8) is 0 Å². The summed E-state index contributed by atoms with van der Waals surface area (Å²) in [6.45, 7) is 2.15. The Morgan fingerprint density at radius 2 is 2.18 bits per heavy atom. The number of hydrogen-bond donors (Lipinski definition) is 1. The summed E-state index contributed by atoms with van der Waals surface area (Å²) in [7, 11) is 0. The fraction of sp³-hybridized carbons (Fsp3) is 0.600. The third-order valence-corrected chi connectivity index (χ3v) is 1.36. The van der Waals surface area contributed by atoms with Gasteiger partial charge in [0, 0.05) is 0 Å². The molecule has 0 saturated heterocycles. The minimum absolute atomic E-state index is 0.0424.